The number of hydrogen-bond donors (Lipinski definition) is 1. The molecule has 0 fully saturated rings. The molecule has 0 aliphatic heterocycles. The Bertz CT molecular complexity index is 389. The van der Waals surface area contributed by atoms with E-state index in [1.807, 2.05) is 0 Å². The number of rotatable bonds is 7. The topological polar surface area (TPSA) is 67.3 Å². The molecule has 0 amide bonds. The summed E-state index contributed by atoms with van der Waals surface area (Å²) in [4.78, 5) is 4.09. The zero-order valence-corrected chi connectivity index (χ0v) is 9.99. The molecule has 1 heterocycles. The van der Waals surface area contributed by atoms with Gasteiger partial charge in [-0.15, -0.1) is 0 Å². The SMILES string of the molecule is O=S(=O)(CCCCCCO)c1cccnc1. The molecule has 1 aromatic heterocycles. The molecule has 90 valence electrons. The van der Waals surface area contributed by atoms with E-state index in [1.54, 1.807) is 18.3 Å². The van der Waals surface area contributed by atoms with Gasteiger partial charge in [-0.1, -0.05) is 12.8 Å². The minimum Gasteiger partial charge on any atom is -0.396 e. The van der Waals surface area contributed by atoms with Crippen molar-refractivity contribution in [3.63, 3.8) is 0 Å². The molecule has 0 spiro atoms. The Labute approximate surface area is 96.3 Å². The first-order valence-corrected chi connectivity index (χ1v) is 7.06. The first-order valence-electron chi connectivity index (χ1n) is 5.40. The highest BCUT2D eigenvalue weighted by atomic mass is 32.2. The Morgan fingerprint density at radius 2 is 1.94 bits per heavy atom. The number of nitrogens with zero attached hydrogens (tertiary/aromatic N) is 1. The summed E-state index contributed by atoms with van der Waals surface area (Å²) >= 11 is 0. The predicted molar refractivity (Wildman–Crippen MR) is 61.8 cm³/mol. The van der Waals surface area contributed by atoms with Crippen molar-refractivity contribution in [2.75, 3.05) is 12.4 Å². The molecule has 0 saturated heterocycles. The molecular formula is C11H17NO3S. The van der Waals surface area contributed by atoms with Crippen LogP contribution in [0.15, 0.2) is 29.4 Å². The zero-order chi connectivity index (χ0) is 11.9. The molecule has 1 N–H and O–H groups in total. The molecule has 0 aliphatic rings. The number of hydrogen-bond acceptors (Lipinski definition) is 4. The van der Waals surface area contributed by atoms with Crippen molar-refractivity contribution in [2.45, 2.75) is 30.6 Å². The Morgan fingerprint density at radius 3 is 2.56 bits per heavy atom. The van der Waals surface area contributed by atoms with Gasteiger partial charge in [-0.25, -0.2) is 8.42 Å². The molecule has 0 bridgehead atoms. The van der Waals surface area contributed by atoms with Crippen molar-refractivity contribution in [2.24, 2.45) is 0 Å². The summed E-state index contributed by atoms with van der Waals surface area (Å²) < 4.78 is 23.6. The molecule has 0 aliphatic carbocycles. The van der Waals surface area contributed by atoms with E-state index in [0.29, 0.717) is 6.42 Å². The van der Waals surface area contributed by atoms with Crippen LogP contribution < -0.4 is 0 Å². The second kappa shape index (κ2) is 6.60. The molecule has 5 heteroatoms. The van der Waals surface area contributed by atoms with Crippen molar-refractivity contribution in [3.05, 3.63) is 24.5 Å². The maximum atomic E-state index is 11.8. The van der Waals surface area contributed by atoms with Crippen LogP contribution in [-0.2, 0) is 9.84 Å². The lowest BCUT2D eigenvalue weighted by atomic mass is 10.2. The van der Waals surface area contributed by atoms with E-state index in [1.165, 1.54) is 6.20 Å². The number of aliphatic hydroxyl groups excluding tert-OH is 1. The fourth-order valence-corrected chi connectivity index (χ4v) is 2.73. The normalized spacial score (nSPS) is 11.6. The lowest BCUT2D eigenvalue weighted by Gasteiger charge is -2.03. The maximum Gasteiger partial charge on any atom is 0.179 e. The monoisotopic (exact) mass is 243 g/mol. The van der Waals surface area contributed by atoms with Crippen LogP contribution in [0.25, 0.3) is 0 Å². The third-order valence-corrected chi connectivity index (χ3v) is 4.10. The molecule has 0 unspecified atom stereocenters. The first-order chi connectivity index (χ1) is 7.67. The van der Waals surface area contributed by atoms with E-state index in [-0.39, 0.29) is 17.3 Å². The molecular weight excluding hydrogens is 226 g/mol. The van der Waals surface area contributed by atoms with Gasteiger partial charge in [0, 0.05) is 19.0 Å². The summed E-state index contributed by atoms with van der Waals surface area (Å²) in [5.41, 5.74) is 0. The van der Waals surface area contributed by atoms with Gasteiger partial charge in [-0.3, -0.25) is 4.98 Å². The number of sulfone groups is 1. The molecule has 0 atom stereocenters. The van der Waals surface area contributed by atoms with Gasteiger partial charge in [-0.2, -0.15) is 0 Å². The average molecular weight is 243 g/mol. The Balaban J connectivity index is 2.41. The average Bonchev–Trinajstić information content (AvgIpc) is 2.30. The van der Waals surface area contributed by atoms with Gasteiger partial charge in [0.05, 0.1) is 10.6 Å². The fraction of sp³-hybridized carbons (Fsp3) is 0.545. The second-order valence-corrected chi connectivity index (χ2v) is 5.75. The molecule has 0 aromatic carbocycles. The molecule has 0 saturated carbocycles. The first kappa shape index (κ1) is 13.1. The van der Waals surface area contributed by atoms with Crippen molar-refractivity contribution < 1.29 is 13.5 Å². The van der Waals surface area contributed by atoms with Crippen LogP contribution in [0, 0.1) is 0 Å². The van der Waals surface area contributed by atoms with Crippen LogP contribution in [0.4, 0.5) is 0 Å². The smallest absolute Gasteiger partial charge is 0.179 e. The van der Waals surface area contributed by atoms with E-state index in [0.717, 1.165) is 19.3 Å². The highest BCUT2D eigenvalue weighted by molar-refractivity contribution is 7.91. The van der Waals surface area contributed by atoms with E-state index in [2.05, 4.69) is 4.98 Å². The summed E-state index contributed by atoms with van der Waals surface area (Å²) in [6, 6.07) is 3.19. The van der Waals surface area contributed by atoms with Crippen molar-refractivity contribution in [1.82, 2.24) is 4.98 Å². The number of aliphatic hydroxyl groups is 1. The van der Waals surface area contributed by atoms with Gasteiger partial charge in [0.1, 0.15) is 0 Å². The maximum absolute atomic E-state index is 11.8. The van der Waals surface area contributed by atoms with E-state index in [9.17, 15) is 8.42 Å². The van der Waals surface area contributed by atoms with E-state index < -0.39 is 9.84 Å². The Kier molecular flexibility index (Phi) is 5.42. The van der Waals surface area contributed by atoms with E-state index in [4.69, 9.17) is 5.11 Å². The summed E-state index contributed by atoms with van der Waals surface area (Å²) in [5, 5.41) is 8.58. The van der Waals surface area contributed by atoms with Gasteiger partial charge in [0.25, 0.3) is 0 Å². The van der Waals surface area contributed by atoms with Crippen LogP contribution in [0.1, 0.15) is 25.7 Å². The van der Waals surface area contributed by atoms with E-state index >= 15 is 0 Å². The number of pyridine rings is 1. The Morgan fingerprint density at radius 1 is 1.19 bits per heavy atom. The zero-order valence-electron chi connectivity index (χ0n) is 9.17. The molecule has 4 nitrogen and oxygen atoms in total. The van der Waals surface area contributed by atoms with Crippen LogP contribution in [-0.4, -0.2) is 30.9 Å². The quantitative estimate of drug-likeness (QED) is 0.735. The van der Waals surface area contributed by atoms with Crippen molar-refractivity contribution in [3.8, 4) is 0 Å². The van der Waals surface area contributed by atoms with Crippen LogP contribution in [0.3, 0.4) is 0 Å². The van der Waals surface area contributed by atoms with Gasteiger partial charge in [0.15, 0.2) is 9.84 Å². The predicted octanol–water partition coefficient (Wildman–Crippen LogP) is 1.41. The minimum atomic E-state index is -3.17. The summed E-state index contributed by atoms with van der Waals surface area (Å²) in [6.07, 6.45) is 6.02. The highest BCUT2D eigenvalue weighted by Crippen LogP contribution is 2.11. The van der Waals surface area contributed by atoms with Gasteiger partial charge in [-0.05, 0) is 25.0 Å². The minimum absolute atomic E-state index is 0.157. The summed E-state index contributed by atoms with van der Waals surface area (Å²) in [5.74, 6) is 0.157. The standard InChI is InChI=1S/C11H17NO3S/c13-8-3-1-2-4-9-16(14,15)11-6-5-7-12-10-11/h5-7,10,13H,1-4,8-9H2. The van der Waals surface area contributed by atoms with Crippen LogP contribution >= 0.6 is 0 Å². The van der Waals surface area contributed by atoms with Crippen LogP contribution in [0.5, 0.6) is 0 Å². The summed E-state index contributed by atoms with van der Waals surface area (Å²) in [6.45, 7) is 0.176. The molecule has 0 radical (unpaired) electrons. The molecule has 1 aromatic rings. The lowest BCUT2D eigenvalue weighted by molar-refractivity contribution is 0.283. The largest absolute Gasteiger partial charge is 0.396 e. The summed E-state index contributed by atoms with van der Waals surface area (Å²) in [7, 11) is -3.17. The third-order valence-electron chi connectivity index (χ3n) is 2.31. The lowest BCUT2D eigenvalue weighted by Crippen LogP contribution is -2.07. The molecule has 1 rings (SSSR count). The number of aromatic nitrogens is 1. The van der Waals surface area contributed by atoms with Gasteiger partial charge >= 0.3 is 0 Å². The van der Waals surface area contributed by atoms with Crippen molar-refractivity contribution >= 4 is 9.84 Å². The Hall–Kier alpha value is -0.940. The van der Waals surface area contributed by atoms with Crippen molar-refractivity contribution in [1.29, 1.82) is 0 Å². The van der Waals surface area contributed by atoms with Crippen LogP contribution in [0.2, 0.25) is 0 Å². The number of unbranched alkanes of at least 4 members (excludes halogenated alkanes) is 3. The third kappa shape index (κ3) is 4.28. The van der Waals surface area contributed by atoms with Gasteiger partial charge in [0.2, 0.25) is 0 Å². The second-order valence-electron chi connectivity index (χ2n) is 3.65. The fourth-order valence-electron chi connectivity index (χ4n) is 1.41. The highest BCUT2D eigenvalue weighted by Gasteiger charge is 2.13. The molecule has 16 heavy (non-hydrogen) atoms. The van der Waals surface area contributed by atoms with Gasteiger partial charge < -0.3 is 5.11 Å².